The number of amides is 1. The molecule has 5 heteroatoms. The Kier molecular flexibility index (Phi) is 2.64. The summed E-state index contributed by atoms with van der Waals surface area (Å²) in [7, 11) is 0. The molecular weight excluding hydrogens is 264 g/mol. The summed E-state index contributed by atoms with van der Waals surface area (Å²) < 4.78 is 27.3. The molecule has 0 fully saturated rings. The van der Waals surface area contributed by atoms with Crippen LogP contribution in [0.4, 0.5) is 14.5 Å². The Hall–Kier alpha value is -2.56. The van der Waals surface area contributed by atoms with E-state index < -0.39 is 17.4 Å². The van der Waals surface area contributed by atoms with Crippen molar-refractivity contribution in [3.63, 3.8) is 0 Å². The van der Waals surface area contributed by atoms with Crippen LogP contribution < -0.4 is 5.32 Å². The van der Waals surface area contributed by atoms with Gasteiger partial charge in [-0.05, 0) is 18.2 Å². The Balaban J connectivity index is 2.05. The van der Waals surface area contributed by atoms with E-state index in [9.17, 15) is 18.4 Å². The van der Waals surface area contributed by atoms with Crippen LogP contribution in [0, 0.1) is 0 Å². The molecule has 2 aromatic carbocycles. The van der Waals surface area contributed by atoms with E-state index in [1.54, 1.807) is 30.3 Å². The third-order valence-corrected chi connectivity index (χ3v) is 3.19. The molecule has 1 amide bonds. The van der Waals surface area contributed by atoms with Gasteiger partial charge in [-0.2, -0.15) is 8.78 Å². The molecule has 0 saturated carbocycles. The number of anilines is 1. The molecule has 0 spiro atoms. The molecule has 0 saturated heterocycles. The number of hydrogen-bond donors (Lipinski definition) is 1. The molecule has 0 atom stereocenters. The zero-order valence-corrected chi connectivity index (χ0v) is 10.2. The summed E-state index contributed by atoms with van der Waals surface area (Å²) in [4.78, 5) is 23.3. The first kappa shape index (κ1) is 12.5. The molecule has 1 N–H and O–H groups in total. The van der Waals surface area contributed by atoms with E-state index in [-0.39, 0.29) is 17.0 Å². The van der Waals surface area contributed by atoms with Crippen LogP contribution in [-0.4, -0.2) is 11.7 Å². The summed E-state index contributed by atoms with van der Waals surface area (Å²) in [6.45, 7) is 0. The summed E-state index contributed by atoms with van der Waals surface area (Å²) in [6.07, 6.45) is 0. The van der Waals surface area contributed by atoms with Crippen LogP contribution >= 0.6 is 0 Å². The fraction of sp³-hybridized carbons (Fsp3) is 0.0667. The monoisotopic (exact) mass is 273 g/mol. The van der Waals surface area contributed by atoms with Crippen molar-refractivity contribution < 1.29 is 18.4 Å². The highest BCUT2D eigenvalue weighted by molar-refractivity contribution is 6.11. The maximum Gasteiger partial charge on any atom is 0.352 e. The van der Waals surface area contributed by atoms with Crippen LogP contribution in [0.25, 0.3) is 0 Å². The highest BCUT2D eigenvalue weighted by Gasteiger charge is 2.48. The van der Waals surface area contributed by atoms with Crippen LogP contribution in [0.1, 0.15) is 21.5 Å². The number of benzene rings is 2. The Morgan fingerprint density at radius 2 is 1.70 bits per heavy atom. The number of carbonyl (C=O) groups excluding carboxylic acids is 2. The van der Waals surface area contributed by atoms with Crippen molar-refractivity contribution >= 4 is 17.4 Å². The van der Waals surface area contributed by atoms with Gasteiger partial charge in [-0.3, -0.25) is 9.59 Å². The van der Waals surface area contributed by atoms with Gasteiger partial charge in [0.15, 0.2) is 5.78 Å². The maximum atomic E-state index is 13.7. The Bertz CT molecular complexity index is 711. The highest BCUT2D eigenvalue weighted by Crippen LogP contribution is 2.40. The number of alkyl halides is 2. The molecule has 2 aromatic rings. The van der Waals surface area contributed by atoms with Crippen molar-refractivity contribution in [2.45, 2.75) is 5.92 Å². The van der Waals surface area contributed by atoms with E-state index in [1.807, 2.05) is 0 Å². The van der Waals surface area contributed by atoms with Gasteiger partial charge in [0.1, 0.15) is 0 Å². The Labute approximate surface area is 113 Å². The predicted molar refractivity (Wildman–Crippen MR) is 68.8 cm³/mol. The molecule has 1 aliphatic heterocycles. The third-order valence-electron chi connectivity index (χ3n) is 3.19. The van der Waals surface area contributed by atoms with Gasteiger partial charge in [0, 0.05) is 11.1 Å². The van der Waals surface area contributed by atoms with Crippen molar-refractivity contribution in [1.29, 1.82) is 0 Å². The summed E-state index contributed by atoms with van der Waals surface area (Å²) in [6, 6.07) is 12.2. The summed E-state index contributed by atoms with van der Waals surface area (Å²) in [5.41, 5.74) is 0.132. The average Bonchev–Trinajstić information content (AvgIpc) is 2.69. The van der Waals surface area contributed by atoms with E-state index in [1.165, 1.54) is 12.1 Å². The fourth-order valence-corrected chi connectivity index (χ4v) is 2.13. The summed E-state index contributed by atoms with van der Waals surface area (Å²) in [5.74, 6) is -5.32. The van der Waals surface area contributed by atoms with Gasteiger partial charge < -0.3 is 5.32 Å². The molecule has 3 rings (SSSR count). The number of fused-ring (bicyclic) bond motifs is 1. The zero-order valence-electron chi connectivity index (χ0n) is 10.2. The fourth-order valence-electron chi connectivity index (χ4n) is 2.13. The Morgan fingerprint density at radius 3 is 2.40 bits per heavy atom. The highest BCUT2D eigenvalue weighted by atomic mass is 19.3. The number of hydrogen-bond acceptors (Lipinski definition) is 2. The molecule has 20 heavy (non-hydrogen) atoms. The second-order valence-corrected chi connectivity index (χ2v) is 4.48. The van der Waals surface area contributed by atoms with E-state index in [0.29, 0.717) is 5.56 Å². The van der Waals surface area contributed by atoms with Crippen molar-refractivity contribution in [1.82, 2.24) is 0 Å². The lowest BCUT2D eigenvalue weighted by molar-refractivity contribution is -0.139. The summed E-state index contributed by atoms with van der Waals surface area (Å²) in [5, 5.41) is 2.09. The molecule has 0 aromatic heterocycles. The molecule has 0 aliphatic carbocycles. The number of nitrogens with one attached hydrogen (secondary N) is 1. The van der Waals surface area contributed by atoms with Crippen LogP contribution in [0.15, 0.2) is 48.5 Å². The van der Waals surface area contributed by atoms with Gasteiger partial charge >= 0.3 is 5.92 Å². The van der Waals surface area contributed by atoms with E-state index in [0.717, 1.165) is 6.07 Å². The second kappa shape index (κ2) is 4.23. The number of ketones is 1. The normalized spacial score (nSPS) is 15.6. The quantitative estimate of drug-likeness (QED) is 0.855. The molecule has 0 radical (unpaired) electrons. The van der Waals surface area contributed by atoms with E-state index >= 15 is 0 Å². The molecule has 0 unspecified atom stereocenters. The lowest BCUT2D eigenvalue weighted by Gasteiger charge is -2.08. The number of halogens is 2. The molecule has 3 nitrogen and oxygen atoms in total. The van der Waals surface area contributed by atoms with Gasteiger partial charge in [-0.1, -0.05) is 30.3 Å². The SMILES string of the molecule is O=C(c1ccccc1)c1ccc2c(c1)C(F)(F)C(=O)N2. The maximum absolute atomic E-state index is 13.7. The van der Waals surface area contributed by atoms with Gasteiger partial charge in [0.05, 0.1) is 11.3 Å². The topological polar surface area (TPSA) is 46.2 Å². The van der Waals surface area contributed by atoms with Gasteiger partial charge in [0.2, 0.25) is 0 Å². The van der Waals surface area contributed by atoms with Crippen LogP contribution in [-0.2, 0) is 10.7 Å². The van der Waals surface area contributed by atoms with Crippen molar-refractivity contribution in [2.75, 3.05) is 5.32 Å². The predicted octanol–water partition coefficient (Wildman–Crippen LogP) is 2.96. The largest absolute Gasteiger partial charge is 0.352 e. The van der Waals surface area contributed by atoms with Crippen molar-refractivity contribution in [3.8, 4) is 0 Å². The summed E-state index contributed by atoms with van der Waals surface area (Å²) >= 11 is 0. The van der Waals surface area contributed by atoms with Crippen LogP contribution in [0.5, 0.6) is 0 Å². The van der Waals surface area contributed by atoms with Crippen LogP contribution in [0.2, 0.25) is 0 Å². The van der Waals surface area contributed by atoms with Gasteiger partial charge in [-0.25, -0.2) is 0 Å². The average molecular weight is 273 g/mol. The van der Waals surface area contributed by atoms with Crippen LogP contribution in [0.3, 0.4) is 0 Å². The minimum absolute atomic E-state index is 0.0459. The van der Waals surface area contributed by atoms with Crippen molar-refractivity contribution in [3.05, 3.63) is 65.2 Å². The minimum atomic E-state index is -3.59. The number of carbonyl (C=O) groups is 2. The third kappa shape index (κ3) is 1.79. The molecule has 100 valence electrons. The number of rotatable bonds is 2. The first-order chi connectivity index (χ1) is 9.50. The van der Waals surface area contributed by atoms with Gasteiger partial charge in [0.25, 0.3) is 5.91 Å². The zero-order chi connectivity index (χ0) is 14.3. The van der Waals surface area contributed by atoms with Gasteiger partial charge in [-0.15, -0.1) is 0 Å². The first-order valence-electron chi connectivity index (χ1n) is 5.93. The second-order valence-electron chi connectivity index (χ2n) is 4.48. The van der Waals surface area contributed by atoms with E-state index in [2.05, 4.69) is 5.32 Å². The van der Waals surface area contributed by atoms with Crippen molar-refractivity contribution in [2.24, 2.45) is 0 Å². The smallest absolute Gasteiger partial charge is 0.320 e. The molecule has 0 bridgehead atoms. The molecule has 1 heterocycles. The lowest BCUT2D eigenvalue weighted by atomic mass is 9.99. The molecule has 1 aliphatic rings. The first-order valence-corrected chi connectivity index (χ1v) is 5.93. The molecular formula is C15H9F2NO2. The lowest BCUT2D eigenvalue weighted by Crippen LogP contribution is -2.23. The van der Waals surface area contributed by atoms with E-state index in [4.69, 9.17) is 0 Å². The standard InChI is InChI=1S/C15H9F2NO2/c16-15(17)11-8-10(6-7-12(11)18-14(15)20)13(19)9-4-2-1-3-5-9/h1-8H,(H,18,20). The Morgan fingerprint density at radius 1 is 1.00 bits per heavy atom. The minimum Gasteiger partial charge on any atom is -0.320 e.